The largest absolute Gasteiger partial charge is 0.469 e. The van der Waals surface area contributed by atoms with Crippen LogP contribution in [0.2, 0.25) is 0 Å². The van der Waals surface area contributed by atoms with Gasteiger partial charge in [0.1, 0.15) is 6.61 Å². The topological polar surface area (TPSA) is 52.6 Å². The van der Waals surface area contributed by atoms with E-state index in [4.69, 9.17) is 4.74 Å². The minimum atomic E-state index is -0.252. The Morgan fingerprint density at radius 3 is 2.41 bits per heavy atom. The molecule has 4 nitrogen and oxygen atoms in total. The summed E-state index contributed by atoms with van der Waals surface area (Å²) in [5, 5.41) is 0. The summed E-state index contributed by atoms with van der Waals surface area (Å²) in [5.74, 6) is -0.385. The van der Waals surface area contributed by atoms with E-state index in [2.05, 4.69) is 4.74 Å². The molecule has 0 heterocycles. The Kier molecular flexibility index (Phi) is 10.3. The van der Waals surface area contributed by atoms with Crippen molar-refractivity contribution in [3.8, 4) is 0 Å². The first kappa shape index (κ1) is 15.7. The molecule has 0 aliphatic carbocycles. The zero-order valence-corrected chi connectivity index (χ0v) is 10.7. The van der Waals surface area contributed by atoms with Gasteiger partial charge in [-0.2, -0.15) is 0 Å². The summed E-state index contributed by atoms with van der Waals surface area (Å²) >= 11 is 0. The minimum absolute atomic E-state index is 0.133. The zero-order valence-electron chi connectivity index (χ0n) is 10.7. The molecule has 0 aliphatic rings. The van der Waals surface area contributed by atoms with E-state index in [0.29, 0.717) is 13.0 Å². The van der Waals surface area contributed by atoms with Crippen molar-refractivity contribution < 1.29 is 19.1 Å². The molecule has 0 rings (SSSR count). The average molecular weight is 242 g/mol. The highest BCUT2D eigenvalue weighted by Gasteiger charge is 1.98. The Bertz CT molecular complexity index is 246. The predicted molar refractivity (Wildman–Crippen MR) is 65.5 cm³/mol. The van der Waals surface area contributed by atoms with E-state index in [-0.39, 0.29) is 11.9 Å². The molecule has 0 unspecified atom stereocenters. The molecule has 0 aromatic rings. The third-order valence-electron chi connectivity index (χ3n) is 2.28. The van der Waals surface area contributed by atoms with Gasteiger partial charge < -0.3 is 9.47 Å². The lowest BCUT2D eigenvalue weighted by atomic mass is 10.1. The maximum Gasteiger partial charge on any atom is 0.305 e. The Labute approximate surface area is 103 Å². The Hall–Kier alpha value is -1.32. The number of carbonyl (C=O) groups excluding carboxylic acids is 2. The number of hydrogen-bond acceptors (Lipinski definition) is 4. The van der Waals surface area contributed by atoms with Crippen LogP contribution in [0.3, 0.4) is 0 Å². The smallest absolute Gasteiger partial charge is 0.305 e. The van der Waals surface area contributed by atoms with Crippen molar-refractivity contribution in [1.29, 1.82) is 0 Å². The first-order valence-corrected chi connectivity index (χ1v) is 6.02. The molecule has 0 radical (unpaired) electrons. The molecule has 0 amide bonds. The van der Waals surface area contributed by atoms with Gasteiger partial charge in [0.05, 0.1) is 7.11 Å². The number of allylic oxidation sites excluding steroid dienone is 1. The van der Waals surface area contributed by atoms with Gasteiger partial charge in [-0.1, -0.05) is 25.0 Å². The first-order valence-electron chi connectivity index (χ1n) is 6.02. The van der Waals surface area contributed by atoms with Crippen molar-refractivity contribution in [1.82, 2.24) is 0 Å². The molecular formula is C13H22O4. The second-order valence-corrected chi connectivity index (χ2v) is 3.80. The van der Waals surface area contributed by atoms with Gasteiger partial charge >= 0.3 is 11.9 Å². The number of rotatable bonds is 9. The minimum Gasteiger partial charge on any atom is -0.469 e. The van der Waals surface area contributed by atoms with Crippen LogP contribution in [0.4, 0.5) is 0 Å². The van der Waals surface area contributed by atoms with Gasteiger partial charge in [-0.15, -0.1) is 0 Å². The molecule has 17 heavy (non-hydrogen) atoms. The summed E-state index contributed by atoms with van der Waals surface area (Å²) in [4.78, 5) is 21.2. The number of carbonyl (C=O) groups is 2. The maximum atomic E-state index is 10.8. The van der Waals surface area contributed by atoms with E-state index < -0.39 is 0 Å². The van der Waals surface area contributed by atoms with Crippen LogP contribution >= 0.6 is 0 Å². The average Bonchev–Trinajstić information content (AvgIpc) is 2.30. The van der Waals surface area contributed by atoms with E-state index in [9.17, 15) is 9.59 Å². The zero-order chi connectivity index (χ0) is 12.9. The van der Waals surface area contributed by atoms with Gasteiger partial charge in [-0.05, 0) is 19.3 Å². The van der Waals surface area contributed by atoms with Crippen LogP contribution in [-0.2, 0) is 19.1 Å². The SMILES string of the molecule is COC(=O)CCCCCC/C=C/COC(C)=O. The number of unbranched alkanes of at least 4 members (excludes halogenated alkanes) is 4. The molecule has 0 aromatic heterocycles. The van der Waals surface area contributed by atoms with Crippen molar-refractivity contribution in [3.63, 3.8) is 0 Å². The van der Waals surface area contributed by atoms with Crippen LogP contribution in [0.25, 0.3) is 0 Å². The van der Waals surface area contributed by atoms with Gasteiger partial charge in [0.2, 0.25) is 0 Å². The quantitative estimate of drug-likeness (QED) is 0.354. The number of methoxy groups -OCH3 is 1. The van der Waals surface area contributed by atoms with Gasteiger partial charge in [0, 0.05) is 13.3 Å². The predicted octanol–water partition coefficient (Wildman–Crippen LogP) is 2.62. The molecule has 0 spiro atoms. The van der Waals surface area contributed by atoms with Gasteiger partial charge in [-0.3, -0.25) is 9.59 Å². The molecule has 0 saturated heterocycles. The van der Waals surface area contributed by atoms with Crippen LogP contribution < -0.4 is 0 Å². The fourth-order valence-electron chi connectivity index (χ4n) is 1.34. The summed E-state index contributed by atoms with van der Waals surface area (Å²) in [6.45, 7) is 1.76. The van der Waals surface area contributed by atoms with E-state index >= 15 is 0 Å². The van der Waals surface area contributed by atoms with Crippen molar-refractivity contribution in [2.45, 2.75) is 45.4 Å². The monoisotopic (exact) mass is 242 g/mol. The number of esters is 2. The molecular weight excluding hydrogens is 220 g/mol. The molecule has 0 aromatic carbocycles. The fraction of sp³-hybridized carbons (Fsp3) is 0.692. The lowest BCUT2D eigenvalue weighted by Gasteiger charge is -1.99. The summed E-state index contributed by atoms with van der Waals surface area (Å²) in [7, 11) is 1.41. The van der Waals surface area contributed by atoms with Crippen LogP contribution in [-0.4, -0.2) is 25.7 Å². The molecule has 0 atom stereocenters. The van der Waals surface area contributed by atoms with Crippen LogP contribution in [0.15, 0.2) is 12.2 Å². The third kappa shape index (κ3) is 12.6. The first-order chi connectivity index (χ1) is 8.16. The van der Waals surface area contributed by atoms with Crippen molar-refractivity contribution in [2.75, 3.05) is 13.7 Å². The lowest BCUT2D eigenvalue weighted by Crippen LogP contribution is -1.99. The summed E-state index contributed by atoms with van der Waals surface area (Å²) in [6, 6.07) is 0. The third-order valence-corrected chi connectivity index (χ3v) is 2.28. The van der Waals surface area contributed by atoms with Gasteiger partial charge in [0.25, 0.3) is 0 Å². The van der Waals surface area contributed by atoms with E-state index in [1.165, 1.54) is 14.0 Å². The number of hydrogen-bond donors (Lipinski definition) is 0. The number of ether oxygens (including phenoxy) is 2. The summed E-state index contributed by atoms with van der Waals surface area (Å²) in [5.41, 5.74) is 0. The van der Waals surface area contributed by atoms with E-state index in [0.717, 1.165) is 32.1 Å². The second-order valence-electron chi connectivity index (χ2n) is 3.80. The summed E-state index contributed by atoms with van der Waals surface area (Å²) < 4.78 is 9.30. The Morgan fingerprint density at radius 2 is 1.76 bits per heavy atom. The van der Waals surface area contributed by atoms with Crippen molar-refractivity contribution in [2.24, 2.45) is 0 Å². The highest BCUT2D eigenvalue weighted by molar-refractivity contribution is 5.68. The van der Waals surface area contributed by atoms with Crippen molar-refractivity contribution in [3.05, 3.63) is 12.2 Å². The fourth-order valence-corrected chi connectivity index (χ4v) is 1.34. The van der Waals surface area contributed by atoms with Crippen LogP contribution in [0.1, 0.15) is 45.4 Å². The normalized spacial score (nSPS) is 10.5. The lowest BCUT2D eigenvalue weighted by molar-refractivity contribution is -0.141. The molecule has 0 N–H and O–H groups in total. The maximum absolute atomic E-state index is 10.8. The molecule has 0 saturated carbocycles. The molecule has 0 fully saturated rings. The molecule has 98 valence electrons. The Balaban J connectivity index is 3.18. The van der Waals surface area contributed by atoms with Crippen molar-refractivity contribution >= 4 is 11.9 Å². The molecule has 4 heteroatoms. The van der Waals surface area contributed by atoms with E-state index in [1.807, 2.05) is 12.2 Å². The molecule has 0 aliphatic heterocycles. The van der Waals surface area contributed by atoms with E-state index in [1.54, 1.807) is 0 Å². The Morgan fingerprint density at radius 1 is 1.06 bits per heavy atom. The second kappa shape index (κ2) is 11.2. The van der Waals surface area contributed by atoms with Crippen LogP contribution in [0.5, 0.6) is 0 Å². The highest BCUT2D eigenvalue weighted by Crippen LogP contribution is 2.06. The summed E-state index contributed by atoms with van der Waals surface area (Å²) in [6.07, 6.45) is 9.51. The van der Waals surface area contributed by atoms with Gasteiger partial charge in [0.15, 0.2) is 0 Å². The molecule has 0 bridgehead atoms. The standard InChI is InChI=1S/C13H22O4/c1-12(14)17-11-9-7-5-3-4-6-8-10-13(15)16-2/h7,9H,3-6,8,10-11H2,1-2H3/b9-7+. The van der Waals surface area contributed by atoms with Gasteiger partial charge in [-0.25, -0.2) is 0 Å². The highest BCUT2D eigenvalue weighted by atomic mass is 16.5. The van der Waals surface area contributed by atoms with Crippen LogP contribution in [0, 0.1) is 0 Å².